The van der Waals surface area contributed by atoms with Crippen molar-refractivity contribution in [2.45, 2.75) is 36.9 Å². The number of hydrogen-bond donors (Lipinski definition) is 2. The van der Waals surface area contributed by atoms with E-state index in [1.165, 1.54) is 24.3 Å². The van der Waals surface area contributed by atoms with Crippen LogP contribution in [0, 0.1) is 17.7 Å². The van der Waals surface area contributed by atoms with E-state index < -0.39 is 46.9 Å². The summed E-state index contributed by atoms with van der Waals surface area (Å²) in [6, 6.07) is 9.99. The van der Waals surface area contributed by atoms with Crippen LogP contribution in [0.1, 0.15) is 17.5 Å². The molecule has 10 heteroatoms. The summed E-state index contributed by atoms with van der Waals surface area (Å²) in [5.41, 5.74) is 2.61. The van der Waals surface area contributed by atoms with Gasteiger partial charge < -0.3 is 20.3 Å². The van der Waals surface area contributed by atoms with Crippen molar-refractivity contribution in [3.05, 3.63) is 69.5 Å². The molecule has 0 heterocycles. The summed E-state index contributed by atoms with van der Waals surface area (Å²) in [4.78, 5) is 24.5. The number of aliphatic carboxylic acids is 1. The van der Waals surface area contributed by atoms with Gasteiger partial charge in [0.1, 0.15) is 18.0 Å². The molecule has 0 aromatic heterocycles. The molecule has 5 atom stereocenters. The van der Waals surface area contributed by atoms with E-state index in [2.05, 4.69) is 0 Å². The normalized spacial score (nSPS) is 30.6. The summed E-state index contributed by atoms with van der Waals surface area (Å²) in [5, 5.41) is 10.4. The molecule has 170 valence electrons. The predicted octanol–water partition coefficient (Wildman–Crippen LogP) is 3.90. The highest BCUT2D eigenvalue weighted by atomic mass is 35.5. The molecule has 0 unspecified atom stereocenters. The summed E-state index contributed by atoms with van der Waals surface area (Å²) in [6.07, 6.45) is -1.07. The van der Waals surface area contributed by atoms with Gasteiger partial charge in [0.2, 0.25) is 5.67 Å². The second-order valence-corrected chi connectivity index (χ2v) is 8.89. The Labute approximate surface area is 192 Å². The molecule has 2 aromatic carbocycles. The molecule has 2 aromatic rings. The van der Waals surface area contributed by atoms with Crippen molar-refractivity contribution in [2.75, 3.05) is 0 Å². The van der Waals surface area contributed by atoms with Gasteiger partial charge in [-0.3, -0.25) is 4.79 Å². The van der Waals surface area contributed by atoms with Crippen molar-refractivity contribution in [1.29, 1.82) is 0 Å². The van der Waals surface area contributed by atoms with Crippen LogP contribution in [0.15, 0.2) is 42.5 Å². The lowest BCUT2D eigenvalue weighted by Crippen LogP contribution is -2.60. The molecule has 2 aliphatic rings. The lowest BCUT2D eigenvalue weighted by Gasteiger charge is -2.32. The van der Waals surface area contributed by atoms with Gasteiger partial charge in [0, 0.05) is 11.8 Å². The molecule has 0 radical (unpaired) electrons. The zero-order valence-electron chi connectivity index (χ0n) is 16.6. The fourth-order valence-corrected chi connectivity index (χ4v) is 4.78. The van der Waals surface area contributed by atoms with E-state index in [4.69, 9.17) is 38.4 Å². The number of nitrogens with two attached hydrogens (primary N) is 1. The number of hydrogen-bond acceptors (Lipinski definition) is 5. The first-order chi connectivity index (χ1) is 15.1. The van der Waals surface area contributed by atoms with Crippen molar-refractivity contribution in [2.24, 2.45) is 17.6 Å². The molecule has 6 nitrogen and oxygen atoms in total. The molecule has 0 spiro atoms. The Balaban J connectivity index is 1.43. The second-order valence-electron chi connectivity index (χ2n) is 8.08. The first kappa shape index (κ1) is 22.9. The molecule has 0 saturated heterocycles. The van der Waals surface area contributed by atoms with Gasteiger partial charge in [-0.25, -0.2) is 13.6 Å². The third-order valence-corrected chi connectivity index (χ3v) is 6.94. The Hall–Kier alpha value is -2.26. The van der Waals surface area contributed by atoms with Crippen LogP contribution in [0.2, 0.25) is 10.0 Å². The molecule has 0 bridgehead atoms. The molecule has 0 aliphatic heterocycles. The minimum absolute atomic E-state index is 0.0124. The zero-order valence-corrected chi connectivity index (χ0v) is 18.1. The lowest BCUT2D eigenvalue weighted by molar-refractivity contribution is -0.160. The van der Waals surface area contributed by atoms with Crippen LogP contribution in [-0.2, 0) is 32.3 Å². The number of carbonyl (C=O) groups excluding carboxylic acids is 1. The minimum atomic E-state index is -2.52. The fraction of sp³-hybridized carbons (Fsp3) is 0.364. The number of rotatable bonds is 7. The van der Waals surface area contributed by atoms with Crippen LogP contribution in [0.5, 0.6) is 0 Å². The van der Waals surface area contributed by atoms with Crippen LogP contribution in [0.4, 0.5) is 8.78 Å². The summed E-state index contributed by atoms with van der Waals surface area (Å²) in [7, 11) is 0. The van der Waals surface area contributed by atoms with Crippen molar-refractivity contribution >= 4 is 35.1 Å². The SMILES string of the molecule is N[C@]1(C(=O)O)[C@H]2[C@@H](C[C@H]1OCc1ccc(Cl)c(Cl)c1)[C@]2(F)C(=O)OCc1ccc(F)cc1. The van der Waals surface area contributed by atoms with Crippen LogP contribution in [0.25, 0.3) is 0 Å². The number of carbonyl (C=O) groups is 2. The molecule has 2 fully saturated rings. The first-order valence-electron chi connectivity index (χ1n) is 9.76. The average molecular weight is 486 g/mol. The smallest absolute Gasteiger partial charge is 0.344 e. The van der Waals surface area contributed by atoms with E-state index in [0.717, 1.165) is 0 Å². The molecular weight excluding hydrogens is 467 g/mol. The monoisotopic (exact) mass is 485 g/mol. The Morgan fingerprint density at radius 3 is 2.38 bits per heavy atom. The number of alkyl halides is 1. The highest BCUT2D eigenvalue weighted by Crippen LogP contribution is 2.67. The first-order valence-corrected chi connectivity index (χ1v) is 10.5. The zero-order chi connectivity index (χ0) is 23.3. The summed E-state index contributed by atoms with van der Waals surface area (Å²) in [5.74, 6) is -5.33. The van der Waals surface area contributed by atoms with E-state index in [-0.39, 0.29) is 19.6 Å². The standard InChI is InChI=1S/C22H19Cl2F2NO5/c23-15-6-3-12(7-16(15)24)10-31-17-8-14-18(22(17,27)19(28)29)21(14,26)20(30)32-9-11-1-4-13(25)5-2-11/h1-7,14,17-18H,8-10,27H2,(H,28,29)/t14-,17-,18+,21-,22+/m1/s1. The lowest BCUT2D eigenvalue weighted by atomic mass is 9.88. The number of carboxylic acid groups (broad SMARTS) is 1. The number of carboxylic acids is 1. The number of halogens is 4. The molecule has 32 heavy (non-hydrogen) atoms. The summed E-state index contributed by atoms with van der Waals surface area (Å²) >= 11 is 11.9. The molecule has 0 amide bonds. The molecule has 4 rings (SSSR count). The molecule has 2 aliphatic carbocycles. The third-order valence-electron chi connectivity index (χ3n) is 6.20. The number of fused-ring (bicyclic) bond motifs is 1. The maximum atomic E-state index is 15.5. The Morgan fingerprint density at radius 1 is 1.09 bits per heavy atom. The second kappa shape index (κ2) is 8.26. The van der Waals surface area contributed by atoms with Crippen molar-refractivity contribution < 1.29 is 33.0 Å². The summed E-state index contributed by atoms with van der Waals surface area (Å²) < 4.78 is 39.2. The summed E-state index contributed by atoms with van der Waals surface area (Å²) in [6.45, 7) is -0.284. The minimum Gasteiger partial charge on any atom is -0.480 e. The van der Waals surface area contributed by atoms with E-state index in [0.29, 0.717) is 21.2 Å². The van der Waals surface area contributed by atoms with Crippen LogP contribution < -0.4 is 5.73 Å². The van der Waals surface area contributed by atoms with Crippen LogP contribution in [-0.4, -0.2) is 34.4 Å². The van der Waals surface area contributed by atoms with Gasteiger partial charge in [0.05, 0.1) is 22.8 Å². The molecule has 2 saturated carbocycles. The predicted molar refractivity (Wildman–Crippen MR) is 111 cm³/mol. The van der Waals surface area contributed by atoms with Gasteiger partial charge >= 0.3 is 11.9 Å². The number of ether oxygens (including phenoxy) is 2. The van der Waals surface area contributed by atoms with Crippen molar-refractivity contribution in [3.63, 3.8) is 0 Å². The third kappa shape index (κ3) is 3.75. The van der Waals surface area contributed by atoms with Crippen molar-refractivity contribution in [1.82, 2.24) is 0 Å². The van der Waals surface area contributed by atoms with Gasteiger partial charge in [-0.2, -0.15) is 0 Å². The maximum Gasteiger partial charge on any atom is 0.344 e. The van der Waals surface area contributed by atoms with Gasteiger partial charge in [0.15, 0.2) is 0 Å². The number of benzene rings is 2. The van der Waals surface area contributed by atoms with E-state index in [1.54, 1.807) is 18.2 Å². The number of esters is 1. The Morgan fingerprint density at radius 2 is 1.75 bits per heavy atom. The van der Waals surface area contributed by atoms with Gasteiger partial charge in [-0.15, -0.1) is 0 Å². The molecule has 3 N–H and O–H groups in total. The molecular formula is C22H19Cl2F2NO5. The Kier molecular flexibility index (Phi) is 5.92. The highest BCUT2D eigenvalue weighted by molar-refractivity contribution is 6.42. The average Bonchev–Trinajstić information content (AvgIpc) is 3.23. The largest absolute Gasteiger partial charge is 0.480 e. The fourth-order valence-electron chi connectivity index (χ4n) is 4.46. The Bertz CT molecular complexity index is 1070. The van der Waals surface area contributed by atoms with E-state index in [1.807, 2.05) is 0 Å². The van der Waals surface area contributed by atoms with Crippen LogP contribution >= 0.6 is 23.2 Å². The van der Waals surface area contributed by atoms with Gasteiger partial charge in [0.25, 0.3) is 0 Å². The topological polar surface area (TPSA) is 98.9 Å². The van der Waals surface area contributed by atoms with E-state index in [9.17, 15) is 19.1 Å². The van der Waals surface area contributed by atoms with E-state index >= 15 is 4.39 Å². The van der Waals surface area contributed by atoms with Gasteiger partial charge in [-0.1, -0.05) is 41.4 Å². The maximum absolute atomic E-state index is 15.5. The van der Waals surface area contributed by atoms with Crippen LogP contribution in [0.3, 0.4) is 0 Å². The van der Waals surface area contributed by atoms with Gasteiger partial charge in [-0.05, 0) is 41.8 Å². The highest BCUT2D eigenvalue weighted by Gasteiger charge is 2.85. The van der Waals surface area contributed by atoms with Crippen molar-refractivity contribution in [3.8, 4) is 0 Å². The quantitative estimate of drug-likeness (QED) is 0.577.